The van der Waals surface area contributed by atoms with E-state index in [2.05, 4.69) is 20.4 Å². The van der Waals surface area contributed by atoms with Gasteiger partial charge in [-0.05, 0) is 30.7 Å². The fourth-order valence-corrected chi connectivity index (χ4v) is 5.08. The van der Waals surface area contributed by atoms with Crippen LogP contribution in [0, 0.1) is 12.7 Å². The number of aromatic nitrogens is 5. The molecule has 0 amide bonds. The normalized spacial score (nSPS) is 20.1. The Labute approximate surface area is 209 Å². The molecule has 4 aromatic rings. The van der Waals surface area contributed by atoms with Crippen LogP contribution in [0.3, 0.4) is 0 Å². The van der Waals surface area contributed by atoms with Crippen molar-refractivity contribution < 1.29 is 27.0 Å². The first-order valence-corrected chi connectivity index (χ1v) is 11.9. The minimum Gasteiger partial charge on any atom is -0.479 e. The quantitative estimate of drug-likeness (QED) is 0.375. The van der Waals surface area contributed by atoms with E-state index in [9.17, 15) is 13.2 Å². The van der Waals surface area contributed by atoms with Crippen LogP contribution in [-0.2, 0) is 11.3 Å². The second-order valence-corrected chi connectivity index (χ2v) is 9.37. The molecule has 196 valence electrons. The number of nitrogens with one attached hydrogen (secondary N) is 1. The Kier molecular flexibility index (Phi) is 5.71. The van der Waals surface area contributed by atoms with Gasteiger partial charge in [-0.15, -0.1) is 5.10 Å². The zero-order valence-electron chi connectivity index (χ0n) is 20.2. The Morgan fingerprint density at radius 2 is 2.05 bits per heavy atom. The number of rotatable bonds is 7. The molecule has 5 heterocycles. The predicted molar refractivity (Wildman–Crippen MR) is 127 cm³/mol. The van der Waals surface area contributed by atoms with E-state index >= 15 is 4.39 Å². The van der Waals surface area contributed by atoms with Gasteiger partial charge in [-0.25, -0.2) is 27.1 Å². The third kappa shape index (κ3) is 3.96. The molecule has 0 saturated carbocycles. The lowest BCUT2D eigenvalue weighted by Crippen LogP contribution is -2.48. The predicted octanol–water partition coefficient (Wildman–Crippen LogP) is 3.30. The lowest BCUT2D eigenvalue weighted by Gasteiger charge is -2.34. The van der Waals surface area contributed by atoms with Crippen molar-refractivity contribution in [3.63, 3.8) is 0 Å². The van der Waals surface area contributed by atoms with Crippen LogP contribution in [-0.4, -0.2) is 87.1 Å². The number of imidazole rings is 1. The van der Waals surface area contributed by atoms with Crippen molar-refractivity contribution in [1.82, 2.24) is 29.0 Å². The van der Waals surface area contributed by atoms with Gasteiger partial charge in [-0.2, -0.15) is 4.98 Å². The molecule has 13 heteroatoms. The first-order valence-electron chi connectivity index (χ1n) is 11.9. The average molecular weight is 520 g/mol. The molecule has 1 N–H and O–H groups in total. The van der Waals surface area contributed by atoms with Crippen molar-refractivity contribution in [3.8, 4) is 17.0 Å². The van der Waals surface area contributed by atoms with E-state index < -0.39 is 24.5 Å². The van der Waals surface area contributed by atoms with E-state index in [1.165, 1.54) is 17.7 Å². The third-order valence-electron chi connectivity index (χ3n) is 7.07. The maximum atomic E-state index is 15.0. The molecular weight excluding hydrogens is 494 g/mol. The second-order valence-electron chi connectivity index (χ2n) is 9.37. The smallest absolute Gasteiger partial charge is 0.281 e. The summed E-state index contributed by atoms with van der Waals surface area (Å²) in [5.74, 6) is -2.89. The van der Waals surface area contributed by atoms with E-state index in [-0.39, 0.29) is 43.0 Å². The number of aryl methyl sites for hydroxylation is 2. The van der Waals surface area contributed by atoms with Crippen LogP contribution in [0.5, 0.6) is 5.88 Å². The number of benzene rings is 1. The molecule has 3 aromatic heterocycles. The summed E-state index contributed by atoms with van der Waals surface area (Å²) in [7, 11) is 1.41. The molecule has 2 saturated heterocycles. The van der Waals surface area contributed by atoms with Gasteiger partial charge in [0.25, 0.3) is 5.92 Å². The van der Waals surface area contributed by atoms with E-state index in [0.717, 1.165) is 0 Å². The Morgan fingerprint density at radius 1 is 1.24 bits per heavy atom. The highest BCUT2D eigenvalue weighted by Gasteiger charge is 2.51. The lowest BCUT2D eigenvalue weighted by atomic mass is 10.1. The number of halogens is 4. The van der Waals surface area contributed by atoms with Crippen LogP contribution < -0.4 is 10.1 Å². The van der Waals surface area contributed by atoms with Gasteiger partial charge in [0.15, 0.2) is 5.82 Å². The summed E-state index contributed by atoms with van der Waals surface area (Å²) < 4.78 is 71.3. The zero-order valence-corrected chi connectivity index (χ0v) is 20.2. The van der Waals surface area contributed by atoms with Gasteiger partial charge in [-0.3, -0.25) is 4.90 Å². The standard InChI is InChI=1S/C24H25F4N7O2/c1-13-29-20-17(26)7-14(8-18(20)34(13)6-4-25)16-3-5-35-21(16)22(36-2)31-23(32-35)30-19-9-33(12-24(19,27)28)15-10-37-11-15/h3,5,7-8,15,19H,4,6,9-12H2,1-2H3,(H,30,32). The van der Waals surface area contributed by atoms with Gasteiger partial charge in [0.05, 0.1) is 45.0 Å². The zero-order chi connectivity index (χ0) is 25.9. The maximum absolute atomic E-state index is 15.0. The Balaban J connectivity index is 1.37. The van der Waals surface area contributed by atoms with Crippen LogP contribution in [0.2, 0.25) is 0 Å². The van der Waals surface area contributed by atoms with Crippen molar-refractivity contribution in [1.29, 1.82) is 0 Å². The third-order valence-corrected chi connectivity index (χ3v) is 7.07. The summed E-state index contributed by atoms with van der Waals surface area (Å²) in [6, 6.07) is 3.59. The number of likely N-dealkylation sites (tertiary alicyclic amines) is 1. The first kappa shape index (κ1) is 23.9. The Hall–Kier alpha value is -3.45. The number of nitrogens with zero attached hydrogens (tertiary/aromatic N) is 6. The number of anilines is 1. The molecule has 2 fully saturated rings. The van der Waals surface area contributed by atoms with Crippen molar-refractivity contribution >= 4 is 22.5 Å². The van der Waals surface area contributed by atoms with Crippen LogP contribution in [0.4, 0.5) is 23.5 Å². The maximum Gasteiger partial charge on any atom is 0.281 e. The van der Waals surface area contributed by atoms with Gasteiger partial charge in [-0.1, -0.05) is 0 Å². The van der Waals surface area contributed by atoms with Crippen molar-refractivity contribution in [2.45, 2.75) is 31.5 Å². The minimum atomic E-state index is -2.98. The molecule has 9 nitrogen and oxygen atoms in total. The van der Waals surface area contributed by atoms with Crippen molar-refractivity contribution in [3.05, 3.63) is 36.0 Å². The number of hydrogen-bond acceptors (Lipinski definition) is 7. The van der Waals surface area contributed by atoms with Crippen molar-refractivity contribution in [2.75, 3.05) is 45.4 Å². The van der Waals surface area contributed by atoms with Crippen LogP contribution in [0.1, 0.15) is 5.82 Å². The minimum absolute atomic E-state index is 0.00894. The Bertz CT molecular complexity index is 1480. The van der Waals surface area contributed by atoms with E-state index in [4.69, 9.17) is 9.47 Å². The summed E-state index contributed by atoms with van der Waals surface area (Å²) in [6.45, 7) is 1.81. The first-order chi connectivity index (χ1) is 17.8. The van der Waals surface area contributed by atoms with Crippen LogP contribution in [0.15, 0.2) is 24.4 Å². The molecule has 37 heavy (non-hydrogen) atoms. The van der Waals surface area contributed by atoms with Gasteiger partial charge in [0.2, 0.25) is 11.8 Å². The van der Waals surface area contributed by atoms with E-state index in [1.807, 2.05) is 0 Å². The van der Waals surface area contributed by atoms with Gasteiger partial charge in [0.1, 0.15) is 29.6 Å². The highest BCUT2D eigenvalue weighted by molar-refractivity contribution is 5.90. The number of fused-ring (bicyclic) bond motifs is 2. The molecule has 0 spiro atoms. The molecule has 2 aliphatic heterocycles. The van der Waals surface area contributed by atoms with Crippen LogP contribution in [0.25, 0.3) is 27.7 Å². The fourth-order valence-electron chi connectivity index (χ4n) is 5.08. The second kappa shape index (κ2) is 8.84. The number of methoxy groups -OCH3 is 1. The number of ether oxygens (including phenoxy) is 2. The Morgan fingerprint density at radius 3 is 2.76 bits per heavy atom. The van der Waals surface area contributed by atoms with Crippen LogP contribution >= 0.6 is 0 Å². The highest BCUT2D eigenvalue weighted by Crippen LogP contribution is 2.36. The molecule has 1 atom stereocenters. The largest absolute Gasteiger partial charge is 0.479 e. The number of alkyl halides is 3. The van der Waals surface area contributed by atoms with Crippen molar-refractivity contribution in [2.24, 2.45) is 0 Å². The molecule has 2 aliphatic rings. The topological polar surface area (TPSA) is 81.7 Å². The monoisotopic (exact) mass is 519 g/mol. The number of hydrogen-bond donors (Lipinski definition) is 1. The molecule has 0 aliphatic carbocycles. The molecule has 6 rings (SSSR count). The molecule has 0 bridgehead atoms. The summed E-state index contributed by atoms with van der Waals surface area (Å²) in [4.78, 5) is 10.3. The molecule has 0 radical (unpaired) electrons. The summed E-state index contributed by atoms with van der Waals surface area (Å²) in [5.41, 5.74) is 2.12. The van der Waals surface area contributed by atoms with Gasteiger partial charge < -0.3 is 19.4 Å². The van der Waals surface area contributed by atoms with Gasteiger partial charge >= 0.3 is 0 Å². The summed E-state index contributed by atoms with van der Waals surface area (Å²) in [5, 5.41) is 7.15. The fraction of sp³-hybridized carbons (Fsp3) is 0.458. The molecular formula is C24H25F4N7O2. The average Bonchev–Trinajstić information content (AvgIpc) is 3.47. The SMILES string of the molecule is COc1nc(NC2CN(C3COC3)CC2(F)F)nn2ccc(-c3cc(F)c4nc(C)n(CCF)c4c3)c12. The lowest BCUT2D eigenvalue weighted by molar-refractivity contribution is -0.0711. The van der Waals surface area contributed by atoms with Gasteiger partial charge in [0, 0.05) is 18.3 Å². The summed E-state index contributed by atoms with van der Waals surface area (Å²) >= 11 is 0. The van der Waals surface area contributed by atoms with E-state index in [1.54, 1.807) is 34.7 Å². The van der Waals surface area contributed by atoms with E-state index in [0.29, 0.717) is 41.2 Å². The highest BCUT2D eigenvalue weighted by atomic mass is 19.3. The molecule has 1 unspecified atom stereocenters. The molecule has 1 aromatic carbocycles. The summed E-state index contributed by atoms with van der Waals surface area (Å²) in [6.07, 6.45) is 1.62.